The molecule has 1 aromatic rings. The minimum Gasteiger partial charge on any atom is -0.395 e. The third-order valence-corrected chi connectivity index (χ3v) is 2.77. The molecule has 2 rings (SSSR count). The Balaban J connectivity index is 2.06. The van der Waals surface area contributed by atoms with Crippen molar-refractivity contribution in [2.45, 2.75) is 19.1 Å². The van der Waals surface area contributed by atoms with Gasteiger partial charge in [0.2, 0.25) is 0 Å². The quantitative estimate of drug-likeness (QED) is 0.652. The average Bonchev–Trinajstić information content (AvgIpc) is 2.66. The number of aliphatic hydroxyl groups is 1. The van der Waals surface area contributed by atoms with Crippen molar-refractivity contribution in [2.75, 3.05) is 19.7 Å². The number of fused-ring (bicyclic) bond motifs is 1. The zero-order valence-corrected chi connectivity index (χ0v) is 8.13. The molecule has 14 heavy (non-hydrogen) atoms. The van der Waals surface area contributed by atoms with E-state index in [1.54, 1.807) is 0 Å². The molecule has 0 aromatic carbocycles. The molecule has 1 aliphatic heterocycles. The van der Waals surface area contributed by atoms with E-state index in [9.17, 15) is 0 Å². The molecule has 0 amide bonds. The monoisotopic (exact) mass is 196 g/mol. The summed E-state index contributed by atoms with van der Waals surface area (Å²) in [5, 5.41) is 9.13. The number of hydrogen-bond acceptors (Lipinski definition) is 4. The van der Waals surface area contributed by atoms with Crippen LogP contribution in [0, 0.1) is 0 Å². The van der Waals surface area contributed by atoms with Crippen LogP contribution in [0.5, 0.6) is 0 Å². The standard InChI is InChI=1S/C9H16N4O/c10-5-8(7-14)13-4-3-12-2-1-11-9(12)6-13/h1-2,8,14H,3-7,10H2. The van der Waals surface area contributed by atoms with Gasteiger partial charge in [-0.25, -0.2) is 4.98 Å². The van der Waals surface area contributed by atoms with E-state index in [-0.39, 0.29) is 12.6 Å². The van der Waals surface area contributed by atoms with E-state index in [1.165, 1.54) is 0 Å². The van der Waals surface area contributed by atoms with Gasteiger partial charge in [-0.3, -0.25) is 4.90 Å². The predicted octanol–water partition coefficient (Wildman–Crippen LogP) is -0.982. The highest BCUT2D eigenvalue weighted by atomic mass is 16.3. The fourth-order valence-corrected chi connectivity index (χ4v) is 1.84. The summed E-state index contributed by atoms with van der Waals surface area (Å²) in [6.45, 7) is 3.28. The van der Waals surface area contributed by atoms with Crippen LogP contribution in [0.2, 0.25) is 0 Å². The van der Waals surface area contributed by atoms with Crippen LogP contribution in [0.25, 0.3) is 0 Å². The molecule has 1 aromatic heterocycles. The number of rotatable bonds is 3. The van der Waals surface area contributed by atoms with Crippen molar-refractivity contribution < 1.29 is 5.11 Å². The van der Waals surface area contributed by atoms with Crippen LogP contribution in [0.3, 0.4) is 0 Å². The zero-order valence-electron chi connectivity index (χ0n) is 8.13. The molecule has 2 heterocycles. The average molecular weight is 196 g/mol. The lowest BCUT2D eigenvalue weighted by Crippen LogP contribution is -2.46. The van der Waals surface area contributed by atoms with Gasteiger partial charge in [0.1, 0.15) is 5.82 Å². The van der Waals surface area contributed by atoms with Crippen LogP contribution < -0.4 is 5.73 Å². The topological polar surface area (TPSA) is 67.3 Å². The smallest absolute Gasteiger partial charge is 0.122 e. The maximum atomic E-state index is 9.13. The lowest BCUT2D eigenvalue weighted by atomic mass is 10.2. The lowest BCUT2D eigenvalue weighted by molar-refractivity contribution is 0.101. The third-order valence-electron chi connectivity index (χ3n) is 2.77. The molecule has 0 fully saturated rings. The molecular formula is C9H16N4O. The molecule has 0 radical (unpaired) electrons. The minimum absolute atomic E-state index is 0.0699. The summed E-state index contributed by atoms with van der Waals surface area (Å²) < 4.78 is 2.14. The summed E-state index contributed by atoms with van der Waals surface area (Å²) in [5.41, 5.74) is 5.58. The van der Waals surface area contributed by atoms with E-state index in [4.69, 9.17) is 10.8 Å². The van der Waals surface area contributed by atoms with E-state index in [0.29, 0.717) is 6.54 Å². The fourth-order valence-electron chi connectivity index (χ4n) is 1.84. The van der Waals surface area contributed by atoms with E-state index in [0.717, 1.165) is 25.5 Å². The normalized spacial score (nSPS) is 19.3. The molecule has 78 valence electrons. The third kappa shape index (κ3) is 1.66. The molecule has 5 heteroatoms. The van der Waals surface area contributed by atoms with Crippen molar-refractivity contribution >= 4 is 0 Å². The number of nitrogens with two attached hydrogens (primary N) is 1. The van der Waals surface area contributed by atoms with Crippen molar-refractivity contribution in [3.05, 3.63) is 18.2 Å². The van der Waals surface area contributed by atoms with Gasteiger partial charge in [-0.2, -0.15) is 0 Å². The van der Waals surface area contributed by atoms with Crippen LogP contribution in [0.1, 0.15) is 5.82 Å². The Hall–Kier alpha value is -0.910. The van der Waals surface area contributed by atoms with Gasteiger partial charge in [0.15, 0.2) is 0 Å². The first-order valence-electron chi connectivity index (χ1n) is 4.90. The van der Waals surface area contributed by atoms with Crippen LogP contribution in [0.4, 0.5) is 0 Å². The molecule has 0 saturated heterocycles. The Morgan fingerprint density at radius 2 is 2.43 bits per heavy atom. The Bertz CT molecular complexity index is 295. The number of aromatic nitrogens is 2. The summed E-state index contributed by atoms with van der Waals surface area (Å²) >= 11 is 0. The van der Waals surface area contributed by atoms with Gasteiger partial charge in [-0.15, -0.1) is 0 Å². The van der Waals surface area contributed by atoms with Crippen molar-refractivity contribution in [1.29, 1.82) is 0 Å². The SMILES string of the molecule is NCC(CO)N1CCn2ccnc2C1. The van der Waals surface area contributed by atoms with Gasteiger partial charge in [0.25, 0.3) is 0 Å². The molecule has 1 atom stereocenters. The maximum Gasteiger partial charge on any atom is 0.122 e. The second kappa shape index (κ2) is 4.08. The molecule has 0 aliphatic carbocycles. The molecule has 1 aliphatic rings. The van der Waals surface area contributed by atoms with Gasteiger partial charge in [0.05, 0.1) is 13.2 Å². The molecule has 5 nitrogen and oxygen atoms in total. The first kappa shape index (κ1) is 9.64. The van der Waals surface area contributed by atoms with Crippen molar-refractivity contribution in [2.24, 2.45) is 5.73 Å². The van der Waals surface area contributed by atoms with Crippen molar-refractivity contribution in [1.82, 2.24) is 14.5 Å². The predicted molar refractivity (Wildman–Crippen MR) is 52.6 cm³/mol. The van der Waals surface area contributed by atoms with E-state index in [1.807, 2.05) is 12.4 Å². The lowest BCUT2D eigenvalue weighted by Gasteiger charge is -2.32. The molecule has 0 saturated carbocycles. The van der Waals surface area contributed by atoms with Crippen LogP contribution >= 0.6 is 0 Å². The molecule has 0 bridgehead atoms. The molecule has 0 spiro atoms. The van der Waals surface area contributed by atoms with Gasteiger partial charge in [-0.1, -0.05) is 0 Å². The minimum atomic E-state index is 0.0699. The van der Waals surface area contributed by atoms with Gasteiger partial charge < -0.3 is 15.4 Å². The Morgan fingerprint density at radius 1 is 1.57 bits per heavy atom. The summed E-state index contributed by atoms with van der Waals surface area (Å²) in [6, 6.07) is 0.0699. The number of imidazole rings is 1. The molecule has 3 N–H and O–H groups in total. The van der Waals surface area contributed by atoms with E-state index in [2.05, 4.69) is 14.5 Å². The van der Waals surface area contributed by atoms with E-state index >= 15 is 0 Å². The Kier molecular flexibility index (Phi) is 2.81. The summed E-state index contributed by atoms with van der Waals surface area (Å²) in [4.78, 5) is 6.44. The summed E-state index contributed by atoms with van der Waals surface area (Å²) in [7, 11) is 0. The van der Waals surface area contributed by atoms with Crippen LogP contribution in [-0.4, -0.2) is 45.3 Å². The van der Waals surface area contributed by atoms with E-state index < -0.39 is 0 Å². The summed E-state index contributed by atoms with van der Waals surface area (Å²) in [5.74, 6) is 1.06. The van der Waals surface area contributed by atoms with Crippen molar-refractivity contribution in [3.8, 4) is 0 Å². The highest BCUT2D eigenvalue weighted by molar-refractivity contribution is 4.96. The highest BCUT2D eigenvalue weighted by Gasteiger charge is 2.22. The second-order valence-corrected chi connectivity index (χ2v) is 3.58. The van der Waals surface area contributed by atoms with Gasteiger partial charge in [0, 0.05) is 38.1 Å². The molecule has 1 unspecified atom stereocenters. The van der Waals surface area contributed by atoms with Crippen molar-refractivity contribution in [3.63, 3.8) is 0 Å². The van der Waals surface area contributed by atoms with Gasteiger partial charge in [-0.05, 0) is 0 Å². The Morgan fingerprint density at radius 3 is 3.14 bits per heavy atom. The summed E-state index contributed by atoms with van der Waals surface area (Å²) in [6.07, 6.45) is 3.80. The number of hydrogen-bond donors (Lipinski definition) is 2. The zero-order chi connectivity index (χ0) is 9.97. The fraction of sp³-hybridized carbons (Fsp3) is 0.667. The highest BCUT2D eigenvalue weighted by Crippen LogP contribution is 2.12. The first-order chi connectivity index (χ1) is 6.85. The molecular weight excluding hydrogens is 180 g/mol. The van der Waals surface area contributed by atoms with Gasteiger partial charge >= 0.3 is 0 Å². The second-order valence-electron chi connectivity index (χ2n) is 3.58. The number of aliphatic hydroxyl groups excluding tert-OH is 1. The maximum absolute atomic E-state index is 9.13. The Labute approximate surface area is 83.1 Å². The van der Waals surface area contributed by atoms with Crippen LogP contribution in [-0.2, 0) is 13.1 Å². The first-order valence-corrected chi connectivity index (χ1v) is 4.90. The largest absolute Gasteiger partial charge is 0.395 e. The number of nitrogens with zero attached hydrogens (tertiary/aromatic N) is 3. The van der Waals surface area contributed by atoms with Crippen LogP contribution in [0.15, 0.2) is 12.4 Å².